The lowest BCUT2D eigenvalue weighted by Gasteiger charge is -2.25. The number of aliphatic hydroxyl groups is 1. The number of aromatic nitrogens is 5. The van der Waals surface area contributed by atoms with Crippen LogP contribution >= 0.6 is 11.3 Å². The lowest BCUT2D eigenvalue weighted by atomic mass is 10.0. The molecule has 0 spiro atoms. The highest BCUT2D eigenvalue weighted by molar-refractivity contribution is 7.22. The minimum atomic E-state index is -1.17. The molecule has 0 radical (unpaired) electrons. The highest BCUT2D eigenvalue weighted by Gasteiger charge is 2.25. The first-order valence-electron chi connectivity index (χ1n) is 11.1. The van der Waals surface area contributed by atoms with Gasteiger partial charge in [0.05, 0.1) is 36.1 Å². The summed E-state index contributed by atoms with van der Waals surface area (Å²) in [7, 11) is 3.14. The third-order valence-electron chi connectivity index (χ3n) is 5.56. The summed E-state index contributed by atoms with van der Waals surface area (Å²) in [5, 5.41) is 37.7. The molecule has 2 unspecified atom stereocenters. The highest BCUT2D eigenvalue weighted by Crippen LogP contribution is 2.37. The monoisotopic (exact) mass is 515 g/mol. The minimum Gasteiger partial charge on any atom is -0.493 e. The Morgan fingerprint density at radius 1 is 1.03 bits per heavy atom. The summed E-state index contributed by atoms with van der Waals surface area (Å²) in [5.41, 5.74) is 2.69. The molecule has 11 nitrogen and oxygen atoms in total. The van der Waals surface area contributed by atoms with Crippen LogP contribution in [0.3, 0.4) is 0 Å². The quantitative estimate of drug-likeness (QED) is 0.246. The van der Waals surface area contributed by atoms with E-state index in [-0.39, 0.29) is 0 Å². The Hall–Kier alpha value is -4.73. The fraction of sp³-hybridized carbons (Fsp3) is 0.160. The molecule has 2 heterocycles. The summed E-state index contributed by atoms with van der Waals surface area (Å²) >= 11 is 1.36. The van der Waals surface area contributed by atoms with E-state index in [1.54, 1.807) is 44.6 Å². The van der Waals surface area contributed by atoms with Gasteiger partial charge in [0, 0.05) is 17.7 Å². The van der Waals surface area contributed by atoms with Crippen LogP contribution in [0, 0.1) is 11.3 Å². The molecule has 186 valence electrons. The standard InChI is InChI=1S/C25H21N7O4S/c1-34-19-11-18-21(12-20(19)35-2)37-25(27-18)28-24(33)22(36-17-9-3-14(13-26)4-10-17)15-5-7-16(8-6-15)23-29-31-32-30-23/h3-12,22,24,33H,1-2H3,(H,27,28)(H,29,30,31,32). The van der Waals surface area contributed by atoms with E-state index in [9.17, 15) is 5.11 Å². The maximum absolute atomic E-state index is 11.2. The van der Waals surface area contributed by atoms with Crippen LogP contribution in [0.25, 0.3) is 21.6 Å². The summed E-state index contributed by atoms with van der Waals surface area (Å²) in [6, 6.07) is 19.7. The van der Waals surface area contributed by atoms with Gasteiger partial charge in [-0.15, -0.1) is 5.10 Å². The van der Waals surface area contributed by atoms with Crippen molar-refractivity contribution in [2.45, 2.75) is 12.3 Å². The molecule has 3 aromatic carbocycles. The van der Waals surface area contributed by atoms with Crippen molar-refractivity contribution in [3.05, 3.63) is 71.8 Å². The van der Waals surface area contributed by atoms with Crippen molar-refractivity contribution in [1.29, 1.82) is 5.26 Å². The number of H-pyrrole nitrogens is 1. The second kappa shape index (κ2) is 10.5. The number of nitriles is 1. The van der Waals surface area contributed by atoms with E-state index in [2.05, 4.69) is 37.0 Å². The van der Waals surface area contributed by atoms with Crippen LogP contribution in [0.2, 0.25) is 0 Å². The first-order chi connectivity index (χ1) is 18.1. The van der Waals surface area contributed by atoms with Crippen molar-refractivity contribution in [2.75, 3.05) is 19.5 Å². The smallest absolute Gasteiger partial charge is 0.185 e. The number of aliphatic hydroxyl groups excluding tert-OH is 1. The SMILES string of the molecule is COc1cc2nc(NC(O)C(Oc3ccc(C#N)cc3)c3ccc(-c4nnn[nH]4)cc3)sc2cc1OC. The third kappa shape index (κ3) is 5.13. The Bertz CT molecular complexity index is 1490. The van der Waals surface area contributed by atoms with Gasteiger partial charge in [0.1, 0.15) is 5.75 Å². The second-order valence-electron chi connectivity index (χ2n) is 7.83. The van der Waals surface area contributed by atoms with Crippen molar-refractivity contribution >= 4 is 26.7 Å². The number of nitrogens with zero attached hydrogens (tertiary/aromatic N) is 5. The number of aromatic amines is 1. The van der Waals surface area contributed by atoms with E-state index < -0.39 is 12.3 Å². The summed E-state index contributed by atoms with van der Waals surface area (Å²) in [4.78, 5) is 4.58. The second-order valence-corrected chi connectivity index (χ2v) is 8.86. The van der Waals surface area contributed by atoms with E-state index in [0.29, 0.717) is 44.8 Å². The highest BCUT2D eigenvalue weighted by atomic mass is 32.1. The lowest BCUT2D eigenvalue weighted by Crippen LogP contribution is -2.31. The average Bonchev–Trinajstić information content (AvgIpc) is 3.61. The molecule has 0 bridgehead atoms. The fourth-order valence-corrected chi connectivity index (χ4v) is 4.61. The average molecular weight is 516 g/mol. The van der Waals surface area contributed by atoms with Gasteiger partial charge in [-0.05, 0) is 40.3 Å². The topological polar surface area (TPSA) is 151 Å². The number of benzene rings is 3. The van der Waals surface area contributed by atoms with Gasteiger partial charge in [0.2, 0.25) is 0 Å². The normalized spacial score (nSPS) is 12.5. The molecule has 0 amide bonds. The predicted molar refractivity (Wildman–Crippen MR) is 136 cm³/mol. The zero-order valence-electron chi connectivity index (χ0n) is 19.7. The molecule has 2 aromatic heterocycles. The zero-order chi connectivity index (χ0) is 25.8. The Morgan fingerprint density at radius 2 is 1.76 bits per heavy atom. The molecule has 0 aliphatic heterocycles. The summed E-state index contributed by atoms with van der Waals surface area (Å²) < 4.78 is 17.8. The number of ether oxygens (including phenoxy) is 3. The Labute approximate surface area is 215 Å². The van der Waals surface area contributed by atoms with Gasteiger partial charge in [0.15, 0.2) is 34.8 Å². The largest absolute Gasteiger partial charge is 0.493 e. The number of thiazole rings is 1. The molecule has 2 atom stereocenters. The minimum absolute atomic E-state index is 0.493. The molecule has 12 heteroatoms. The van der Waals surface area contributed by atoms with E-state index >= 15 is 0 Å². The predicted octanol–water partition coefficient (Wildman–Crippen LogP) is 3.92. The van der Waals surface area contributed by atoms with E-state index in [0.717, 1.165) is 10.3 Å². The molecule has 0 saturated heterocycles. The molecule has 5 aromatic rings. The number of rotatable bonds is 9. The molecule has 0 aliphatic carbocycles. The number of methoxy groups -OCH3 is 2. The summed E-state index contributed by atoms with van der Waals surface area (Å²) in [5.74, 6) is 2.17. The fourth-order valence-electron chi connectivity index (χ4n) is 3.70. The molecular weight excluding hydrogens is 494 g/mol. The molecule has 0 aliphatic rings. The van der Waals surface area contributed by atoms with Gasteiger partial charge in [-0.3, -0.25) is 0 Å². The molecule has 5 rings (SSSR count). The van der Waals surface area contributed by atoms with Crippen LogP contribution in [0.1, 0.15) is 17.2 Å². The van der Waals surface area contributed by atoms with Crippen molar-refractivity contribution in [1.82, 2.24) is 25.6 Å². The van der Waals surface area contributed by atoms with Gasteiger partial charge in [-0.1, -0.05) is 35.6 Å². The van der Waals surface area contributed by atoms with Crippen LogP contribution in [0.5, 0.6) is 17.2 Å². The number of anilines is 1. The Kier molecular flexibility index (Phi) is 6.80. The number of tetrazole rings is 1. The number of hydrogen-bond donors (Lipinski definition) is 3. The first kappa shape index (κ1) is 24.0. The maximum atomic E-state index is 11.2. The van der Waals surface area contributed by atoms with Gasteiger partial charge in [-0.2, -0.15) is 5.26 Å². The molecule has 0 saturated carbocycles. The van der Waals surface area contributed by atoms with Crippen molar-refractivity contribution in [3.63, 3.8) is 0 Å². The number of hydrogen-bond acceptors (Lipinski definition) is 11. The van der Waals surface area contributed by atoms with Crippen LogP contribution in [0.15, 0.2) is 60.7 Å². The Balaban J connectivity index is 1.44. The zero-order valence-corrected chi connectivity index (χ0v) is 20.6. The van der Waals surface area contributed by atoms with Crippen LogP contribution in [-0.2, 0) is 0 Å². The number of fused-ring (bicyclic) bond motifs is 1. The van der Waals surface area contributed by atoms with Gasteiger partial charge in [-0.25, -0.2) is 10.1 Å². The van der Waals surface area contributed by atoms with Gasteiger partial charge in [0.25, 0.3) is 0 Å². The molecular formula is C25H21N7O4S. The molecule has 0 fully saturated rings. The van der Waals surface area contributed by atoms with Crippen LogP contribution in [-0.4, -0.2) is 51.2 Å². The van der Waals surface area contributed by atoms with Crippen LogP contribution in [0.4, 0.5) is 5.13 Å². The summed E-state index contributed by atoms with van der Waals surface area (Å²) in [6.45, 7) is 0. The van der Waals surface area contributed by atoms with E-state index in [4.69, 9.17) is 19.5 Å². The van der Waals surface area contributed by atoms with Crippen molar-refractivity contribution < 1.29 is 19.3 Å². The van der Waals surface area contributed by atoms with Gasteiger partial charge < -0.3 is 24.6 Å². The van der Waals surface area contributed by atoms with Crippen molar-refractivity contribution in [3.8, 4) is 34.7 Å². The Morgan fingerprint density at radius 3 is 2.41 bits per heavy atom. The number of nitrogens with one attached hydrogen (secondary N) is 2. The van der Waals surface area contributed by atoms with Crippen molar-refractivity contribution in [2.24, 2.45) is 0 Å². The maximum Gasteiger partial charge on any atom is 0.185 e. The lowest BCUT2D eigenvalue weighted by molar-refractivity contribution is 0.0541. The third-order valence-corrected chi connectivity index (χ3v) is 6.51. The van der Waals surface area contributed by atoms with Gasteiger partial charge >= 0.3 is 0 Å². The van der Waals surface area contributed by atoms with Crippen LogP contribution < -0.4 is 19.5 Å². The van der Waals surface area contributed by atoms with E-state index in [1.165, 1.54) is 11.3 Å². The first-order valence-corrected chi connectivity index (χ1v) is 11.9. The van der Waals surface area contributed by atoms with E-state index in [1.807, 2.05) is 30.3 Å². The summed E-state index contributed by atoms with van der Waals surface area (Å²) in [6.07, 6.45) is -1.98. The molecule has 3 N–H and O–H groups in total. The molecule has 37 heavy (non-hydrogen) atoms.